The van der Waals surface area contributed by atoms with Gasteiger partial charge in [0.15, 0.2) is 0 Å². The Morgan fingerprint density at radius 3 is 3.04 bits per heavy atom. The highest BCUT2D eigenvalue weighted by atomic mass is 32.1. The van der Waals surface area contributed by atoms with E-state index < -0.39 is 6.10 Å². The van der Waals surface area contributed by atoms with Crippen molar-refractivity contribution in [2.24, 2.45) is 5.92 Å². The third-order valence-corrected chi connectivity index (χ3v) is 6.14. The Morgan fingerprint density at radius 1 is 1.46 bits per heavy atom. The number of aliphatic hydroxyl groups is 1. The summed E-state index contributed by atoms with van der Waals surface area (Å²) in [4.78, 5) is 24.6. The fraction of sp³-hybridized carbons (Fsp3) is 0.524. The average molecular weight is 404 g/mol. The van der Waals surface area contributed by atoms with Crippen molar-refractivity contribution in [3.8, 4) is 0 Å². The van der Waals surface area contributed by atoms with Crippen molar-refractivity contribution in [3.63, 3.8) is 0 Å². The van der Waals surface area contributed by atoms with Crippen LogP contribution in [0.25, 0.3) is 10.2 Å². The van der Waals surface area contributed by atoms with Gasteiger partial charge in [-0.25, -0.2) is 4.98 Å². The molecule has 2 atom stereocenters. The van der Waals surface area contributed by atoms with E-state index in [0.29, 0.717) is 38.0 Å². The molecule has 0 radical (unpaired) electrons. The van der Waals surface area contributed by atoms with Gasteiger partial charge >= 0.3 is 0 Å². The first-order valence-electron chi connectivity index (χ1n) is 9.75. The molecule has 0 aromatic carbocycles. The van der Waals surface area contributed by atoms with Crippen LogP contribution in [0.15, 0.2) is 30.1 Å². The van der Waals surface area contributed by atoms with E-state index in [1.807, 2.05) is 4.90 Å². The summed E-state index contributed by atoms with van der Waals surface area (Å²) in [6.07, 6.45) is 5.91. The smallest absolute Gasteiger partial charge is 0.259 e. The summed E-state index contributed by atoms with van der Waals surface area (Å²) in [6, 6.07) is 0. The monoisotopic (exact) mass is 403 g/mol. The first kappa shape index (κ1) is 20.9. The van der Waals surface area contributed by atoms with E-state index in [-0.39, 0.29) is 12.2 Å². The largest absolute Gasteiger partial charge is 0.389 e. The van der Waals surface area contributed by atoms with Crippen molar-refractivity contribution in [3.05, 3.63) is 51.9 Å². The predicted molar refractivity (Wildman–Crippen MR) is 114 cm³/mol. The number of aromatic nitrogens is 2. The Hall–Kier alpha value is -1.80. The van der Waals surface area contributed by atoms with Crippen LogP contribution in [0.3, 0.4) is 0 Å². The van der Waals surface area contributed by atoms with E-state index in [1.54, 1.807) is 23.5 Å². The SMILES string of the molecule is C=CCOC[C@@H](O)CN(CC=C)Cc1nc2sc3c(c2c(=O)[nH]1)CC[C@H](C)C3. The number of aryl methyl sites for hydroxylation is 1. The topological polar surface area (TPSA) is 78.5 Å². The normalized spacial score (nSPS) is 17.6. The van der Waals surface area contributed by atoms with E-state index in [2.05, 4.69) is 25.1 Å². The lowest BCUT2D eigenvalue weighted by Gasteiger charge is -2.23. The van der Waals surface area contributed by atoms with Crippen molar-refractivity contribution in [2.45, 2.75) is 38.8 Å². The average Bonchev–Trinajstić information content (AvgIpc) is 2.99. The summed E-state index contributed by atoms with van der Waals surface area (Å²) in [5, 5.41) is 11.0. The maximum Gasteiger partial charge on any atom is 0.259 e. The molecule has 1 aliphatic rings. The maximum atomic E-state index is 12.7. The molecule has 2 aromatic rings. The molecule has 0 aliphatic heterocycles. The summed E-state index contributed by atoms with van der Waals surface area (Å²) in [7, 11) is 0. The molecule has 152 valence electrons. The van der Waals surface area contributed by atoms with Crippen LogP contribution in [0.1, 0.15) is 29.6 Å². The van der Waals surface area contributed by atoms with Gasteiger partial charge in [-0.15, -0.1) is 24.5 Å². The molecule has 0 saturated carbocycles. The molecule has 0 saturated heterocycles. The van der Waals surface area contributed by atoms with E-state index >= 15 is 0 Å². The van der Waals surface area contributed by atoms with Crippen molar-refractivity contribution in [1.29, 1.82) is 0 Å². The quantitative estimate of drug-likeness (QED) is 0.471. The van der Waals surface area contributed by atoms with Gasteiger partial charge in [-0.3, -0.25) is 9.69 Å². The van der Waals surface area contributed by atoms with Crippen LogP contribution in [0.4, 0.5) is 0 Å². The number of nitrogens with one attached hydrogen (secondary N) is 1. The molecular weight excluding hydrogens is 374 g/mol. The molecule has 0 unspecified atom stereocenters. The van der Waals surface area contributed by atoms with Crippen molar-refractivity contribution >= 4 is 21.6 Å². The highest BCUT2D eigenvalue weighted by Gasteiger charge is 2.23. The second kappa shape index (κ2) is 9.60. The zero-order valence-corrected chi connectivity index (χ0v) is 17.3. The van der Waals surface area contributed by atoms with Gasteiger partial charge in [0.25, 0.3) is 5.56 Å². The van der Waals surface area contributed by atoms with Crippen LogP contribution in [0, 0.1) is 5.92 Å². The number of hydrogen-bond acceptors (Lipinski definition) is 6. The Kier molecular flexibility index (Phi) is 7.18. The van der Waals surface area contributed by atoms with Crippen LogP contribution in [0.2, 0.25) is 0 Å². The van der Waals surface area contributed by atoms with E-state index in [9.17, 15) is 9.90 Å². The minimum atomic E-state index is -0.633. The third-order valence-electron chi connectivity index (χ3n) is 4.99. The number of rotatable bonds is 10. The van der Waals surface area contributed by atoms with Crippen LogP contribution in [0.5, 0.6) is 0 Å². The van der Waals surface area contributed by atoms with E-state index in [0.717, 1.165) is 29.5 Å². The number of aliphatic hydroxyl groups excluding tert-OH is 1. The van der Waals surface area contributed by atoms with Crippen LogP contribution in [-0.2, 0) is 24.1 Å². The Bertz CT molecular complexity index is 889. The lowest BCUT2D eigenvalue weighted by atomic mass is 9.89. The van der Waals surface area contributed by atoms with Crippen molar-refractivity contribution in [2.75, 3.05) is 26.3 Å². The highest BCUT2D eigenvalue weighted by Crippen LogP contribution is 2.35. The summed E-state index contributed by atoms with van der Waals surface area (Å²) in [5.41, 5.74) is 1.14. The molecule has 0 fully saturated rings. The van der Waals surface area contributed by atoms with Gasteiger partial charge in [0.1, 0.15) is 10.7 Å². The predicted octanol–water partition coefficient (Wildman–Crippen LogP) is 2.66. The fourth-order valence-electron chi connectivity index (χ4n) is 3.70. The molecule has 0 spiro atoms. The first-order chi connectivity index (χ1) is 13.5. The van der Waals surface area contributed by atoms with E-state index in [4.69, 9.17) is 9.72 Å². The molecule has 2 N–H and O–H groups in total. The molecule has 2 aromatic heterocycles. The van der Waals surface area contributed by atoms with Gasteiger partial charge in [-0.05, 0) is 30.7 Å². The zero-order chi connectivity index (χ0) is 20.1. The maximum absolute atomic E-state index is 12.7. The molecule has 1 aliphatic carbocycles. The van der Waals surface area contributed by atoms with Crippen molar-refractivity contribution in [1.82, 2.24) is 14.9 Å². The number of ether oxygens (including phenoxy) is 1. The summed E-state index contributed by atoms with van der Waals surface area (Å²) >= 11 is 1.65. The number of hydrogen-bond donors (Lipinski definition) is 2. The summed E-state index contributed by atoms with van der Waals surface area (Å²) in [6.45, 7) is 11.7. The van der Waals surface area contributed by atoms with Gasteiger partial charge in [0, 0.05) is 18.0 Å². The molecule has 3 rings (SSSR count). The highest BCUT2D eigenvalue weighted by molar-refractivity contribution is 7.18. The summed E-state index contributed by atoms with van der Waals surface area (Å²) < 4.78 is 5.31. The van der Waals surface area contributed by atoms with Crippen LogP contribution >= 0.6 is 11.3 Å². The Morgan fingerprint density at radius 2 is 2.29 bits per heavy atom. The van der Waals surface area contributed by atoms with Crippen LogP contribution in [-0.4, -0.2) is 52.4 Å². The van der Waals surface area contributed by atoms with Gasteiger partial charge in [-0.1, -0.05) is 19.1 Å². The molecule has 28 heavy (non-hydrogen) atoms. The number of thiophene rings is 1. The molecule has 0 bridgehead atoms. The molecule has 6 nitrogen and oxygen atoms in total. The third kappa shape index (κ3) is 4.97. The molecule has 2 heterocycles. The zero-order valence-electron chi connectivity index (χ0n) is 16.4. The van der Waals surface area contributed by atoms with Gasteiger partial charge in [0.2, 0.25) is 0 Å². The second-order valence-electron chi connectivity index (χ2n) is 7.51. The first-order valence-corrected chi connectivity index (χ1v) is 10.6. The van der Waals surface area contributed by atoms with Gasteiger partial charge < -0.3 is 14.8 Å². The Balaban J connectivity index is 1.77. The van der Waals surface area contributed by atoms with Gasteiger partial charge in [0.05, 0.1) is 31.2 Å². The van der Waals surface area contributed by atoms with E-state index in [1.165, 1.54) is 10.4 Å². The van der Waals surface area contributed by atoms with Crippen LogP contribution < -0.4 is 5.56 Å². The molecule has 7 heteroatoms. The molecular formula is C21H29N3O3S. The number of H-pyrrole nitrogens is 1. The van der Waals surface area contributed by atoms with Gasteiger partial charge in [-0.2, -0.15) is 0 Å². The minimum absolute atomic E-state index is 0.0551. The Labute approximate surface area is 169 Å². The lowest BCUT2D eigenvalue weighted by Crippen LogP contribution is -2.35. The number of fused-ring (bicyclic) bond motifs is 3. The minimum Gasteiger partial charge on any atom is -0.389 e. The molecule has 0 amide bonds. The number of aromatic amines is 1. The summed E-state index contributed by atoms with van der Waals surface area (Å²) in [5.74, 6) is 1.28. The standard InChI is InChI=1S/C21H29N3O3S/c1-4-8-24(11-15(25)13-27-9-5-2)12-18-22-20(26)19-16-7-6-14(3)10-17(16)28-21(19)23-18/h4-5,14-15,25H,1-2,6-13H2,3H3,(H,22,23,26)/t14-,15-/m0/s1. The second-order valence-corrected chi connectivity index (χ2v) is 8.59. The van der Waals surface area contributed by atoms with Crippen molar-refractivity contribution < 1.29 is 9.84 Å². The lowest BCUT2D eigenvalue weighted by molar-refractivity contribution is 0.0265. The number of nitrogens with zero attached hydrogens (tertiary/aromatic N) is 2. The fourth-order valence-corrected chi connectivity index (χ4v) is 5.11.